The zero-order chi connectivity index (χ0) is 16.8. The van der Waals surface area contributed by atoms with E-state index in [2.05, 4.69) is 5.32 Å². The summed E-state index contributed by atoms with van der Waals surface area (Å²) in [6, 6.07) is 8.08. The van der Waals surface area contributed by atoms with Crippen molar-refractivity contribution in [3.8, 4) is 0 Å². The molecular formula is C15H24NO5P. The molecule has 7 heteroatoms. The van der Waals surface area contributed by atoms with Gasteiger partial charge >= 0.3 is 13.6 Å². The Morgan fingerprint density at radius 2 is 1.77 bits per heavy atom. The molecule has 0 fully saturated rings. The van der Waals surface area contributed by atoms with Crippen LogP contribution in [0.1, 0.15) is 31.6 Å². The van der Waals surface area contributed by atoms with Crippen molar-refractivity contribution in [2.75, 3.05) is 14.2 Å². The molecule has 2 N–H and O–H groups in total. The van der Waals surface area contributed by atoms with E-state index in [1.54, 1.807) is 24.3 Å². The number of hydrogen-bond donors (Lipinski definition) is 2. The Morgan fingerprint density at radius 1 is 1.23 bits per heavy atom. The van der Waals surface area contributed by atoms with Crippen molar-refractivity contribution >= 4 is 13.6 Å². The van der Waals surface area contributed by atoms with Gasteiger partial charge in [0.2, 0.25) is 0 Å². The third kappa shape index (κ3) is 4.92. The molecule has 1 aromatic carbocycles. The van der Waals surface area contributed by atoms with Crippen molar-refractivity contribution in [3.05, 3.63) is 35.9 Å². The molecule has 1 aromatic rings. The topological polar surface area (TPSA) is 84.9 Å². The molecule has 124 valence electrons. The quantitative estimate of drug-likeness (QED) is 0.677. The first kappa shape index (κ1) is 18.8. The number of carboxylic acid groups (broad SMARTS) is 1. The van der Waals surface area contributed by atoms with E-state index in [1.807, 2.05) is 19.9 Å². The van der Waals surface area contributed by atoms with Crippen LogP contribution in [0.5, 0.6) is 0 Å². The number of rotatable bonds is 9. The Balaban J connectivity index is 3.15. The Bertz CT molecular complexity index is 512. The lowest BCUT2D eigenvalue weighted by Crippen LogP contribution is -2.40. The minimum Gasteiger partial charge on any atom is -0.480 e. The normalized spacial score (nSPS) is 14.8. The van der Waals surface area contributed by atoms with Crippen molar-refractivity contribution in [2.45, 2.75) is 32.1 Å². The summed E-state index contributed by atoms with van der Waals surface area (Å²) in [6.45, 7) is 3.86. The molecule has 0 saturated heterocycles. The number of nitrogens with one attached hydrogen (secondary N) is 1. The van der Waals surface area contributed by atoms with Crippen molar-refractivity contribution in [1.29, 1.82) is 0 Å². The summed E-state index contributed by atoms with van der Waals surface area (Å²) >= 11 is 0. The van der Waals surface area contributed by atoms with Crippen LogP contribution in [0.15, 0.2) is 30.3 Å². The highest BCUT2D eigenvalue weighted by atomic mass is 31.2. The number of hydrogen-bond acceptors (Lipinski definition) is 5. The Morgan fingerprint density at radius 3 is 2.18 bits per heavy atom. The molecule has 0 aliphatic carbocycles. The van der Waals surface area contributed by atoms with Crippen LogP contribution in [0, 0.1) is 5.92 Å². The van der Waals surface area contributed by atoms with Crippen LogP contribution in [-0.2, 0) is 18.4 Å². The lowest BCUT2D eigenvalue weighted by molar-refractivity contribution is -0.140. The molecule has 0 unspecified atom stereocenters. The number of carboxylic acids is 1. The molecule has 0 heterocycles. The average Bonchev–Trinajstić information content (AvgIpc) is 2.50. The summed E-state index contributed by atoms with van der Waals surface area (Å²) in [6.07, 6.45) is 0.409. The first-order valence-electron chi connectivity index (χ1n) is 7.09. The maximum absolute atomic E-state index is 12.8. The van der Waals surface area contributed by atoms with Gasteiger partial charge in [-0.15, -0.1) is 0 Å². The van der Waals surface area contributed by atoms with Gasteiger partial charge in [-0.25, -0.2) is 0 Å². The fourth-order valence-electron chi connectivity index (χ4n) is 2.19. The van der Waals surface area contributed by atoms with Crippen LogP contribution >= 0.6 is 7.60 Å². The van der Waals surface area contributed by atoms with Gasteiger partial charge in [0.25, 0.3) is 0 Å². The molecule has 22 heavy (non-hydrogen) atoms. The van der Waals surface area contributed by atoms with Gasteiger partial charge in [0.05, 0.1) is 0 Å². The predicted octanol–water partition coefficient (Wildman–Crippen LogP) is 3.26. The van der Waals surface area contributed by atoms with E-state index in [0.29, 0.717) is 12.0 Å². The van der Waals surface area contributed by atoms with Gasteiger partial charge in [-0.1, -0.05) is 44.2 Å². The first-order chi connectivity index (χ1) is 10.3. The standard InChI is InChI=1S/C15H24NO5P/c1-11(2)10-13(15(17)18)16-14(22(19,20-3)21-4)12-8-6-5-7-9-12/h5-9,11,13-14,16H,10H2,1-4H3,(H,17,18)/t13-,14+/m1/s1. The van der Waals surface area contributed by atoms with Gasteiger partial charge in [0.1, 0.15) is 11.8 Å². The van der Waals surface area contributed by atoms with Crippen LogP contribution in [0.2, 0.25) is 0 Å². The van der Waals surface area contributed by atoms with Crippen LogP contribution in [0.25, 0.3) is 0 Å². The van der Waals surface area contributed by atoms with Gasteiger partial charge in [-0.2, -0.15) is 0 Å². The summed E-state index contributed by atoms with van der Waals surface area (Å²) in [5, 5.41) is 12.3. The maximum Gasteiger partial charge on any atom is 0.351 e. The molecule has 0 aliphatic heterocycles. The number of aliphatic carboxylic acids is 1. The Labute approximate surface area is 131 Å². The smallest absolute Gasteiger partial charge is 0.351 e. The lowest BCUT2D eigenvalue weighted by atomic mass is 10.0. The predicted molar refractivity (Wildman–Crippen MR) is 84.8 cm³/mol. The molecule has 0 amide bonds. The molecule has 0 bridgehead atoms. The van der Waals surface area contributed by atoms with Crippen molar-refractivity contribution in [2.24, 2.45) is 5.92 Å². The van der Waals surface area contributed by atoms with E-state index in [1.165, 1.54) is 14.2 Å². The highest BCUT2D eigenvalue weighted by Gasteiger charge is 2.38. The van der Waals surface area contributed by atoms with E-state index in [-0.39, 0.29) is 5.92 Å². The largest absolute Gasteiger partial charge is 0.480 e. The molecule has 0 aromatic heterocycles. The van der Waals surface area contributed by atoms with Crippen LogP contribution in [0.3, 0.4) is 0 Å². The summed E-state index contributed by atoms with van der Waals surface area (Å²) < 4.78 is 22.9. The van der Waals surface area contributed by atoms with Crippen molar-refractivity contribution in [3.63, 3.8) is 0 Å². The molecule has 0 saturated carbocycles. The van der Waals surface area contributed by atoms with Crippen LogP contribution < -0.4 is 5.32 Å². The Hall–Kier alpha value is -1.20. The minimum atomic E-state index is -3.52. The van der Waals surface area contributed by atoms with E-state index in [9.17, 15) is 14.5 Å². The monoisotopic (exact) mass is 329 g/mol. The molecule has 0 spiro atoms. The van der Waals surface area contributed by atoms with Crippen molar-refractivity contribution < 1.29 is 23.5 Å². The van der Waals surface area contributed by atoms with E-state index >= 15 is 0 Å². The van der Waals surface area contributed by atoms with Crippen molar-refractivity contribution in [1.82, 2.24) is 5.32 Å². The number of carbonyl (C=O) groups is 1. The zero-order valence-corrected chi connectivity index (χ0v) is 14.2. The number of benzene rings is 1. The third-order valence-corrected chi connectivity index (χ3v) is 5.40. The van der Waals surface area contributed by atoms with E-state index in [4.69, 9.17) is 9.05 Å². The SMILES string of the molecule is COP(=O)(OC)[C@H](N[C@H](CC(C)C)C(=O)O)c1ccccc1. The second-order valence-electron chi connectivity index (χ2n) is 5.41. The molecule has 1 rings (SSSR count). The van der Waals surface area contributed by atoms with Gasteiger partial charge in [0, 0.05) is 14.2 Å². The van der Waals surface area contributed by atoms with Gasteiger partial charge < -0.3 is 14.2 Å². The fraction of sp³-hybridized carbons (Fsp3) is 0.533. The maximum atomic E-state index is 12.8. The fourth-order valence-corrected chi connectivity index (χ4v) is 3.66. The van der Waals surface area contributed by atoms with E-state index in [0.717, 1.165) is 0 Å². The second-order valence-corrected chi connectivity index (χ2v) is 7.73. The van der Waals surface area contributed by atoms with E-state index < -0.39 is 25.4 Å². The third-order valence-electron chi connectivity index (χ3n) is 3.30. The van der Waals surface area contributed by atoms with Crippen LogP contribution in [0.4, 0.5) is 0 Å². The van der Waals surface area contributed by atoms with Gasteiger partial charge in [-0.05, 0) is 17.9 Å². The first-order valence-corrected chi connectivity index (χ1v) is 8.70. The van der Waals surface area contributed by atoms with Gasteiger partial charge in [-0.3, -0.25) is 14.7 Å². The summed E-state index contributed by atoms with van der Waals surface area (Å²) in [5.74, 6) is -1.66. The minimum absolute atomic E-state index is 0.175. The molecule has 0 aliphatic rings. The zero-order valence-electron chi connectivity index (χ0n) is 13.4. The molecule has 0 radical (unpaired) electrons. The molecular weight excluding hydrogens is 305 g/mol. The summed E-state index contributed by atoms with van der Waals surface area (Å²) in [4.78, 5) is 11.5. The average molecular weight is 329 g/mol. The van der Waals surface area contributed by atoms with Gasteiger partial charge in [0.15, 0.2) is 0 Å². The summed E-state index contributed by atoms with van der Waals surface area (Å²) in [5.41, 5.74) is 0.657. The lowest BCUT2D eigenvalue weighted by Gasteiger charge is -2.29. The summed E-state index contributed by atoms with van der Waals surface area (Å²) in [7, 11) is -0.941. The second kappa shape index (κ2) is 8.44. The highest BCUT2D eigenvalue weighted by Crippen LogP contribution is 2.58. The highest BCUT2D eigenvalue weighted by molar-refractivity contribution is 7.54. The molecule has 2 atom stereocenters. The van der Waals surface area contributed by atoms with Crippen LogP contribution in [-0.4, -0.2) is 31.3 Å². The Kier molecular flexibility index (Phi) is 7.23. The molecule has 6 nitrogen and oxygen atoms in total.